The number of nitrogens with zero attached hydrogens (tertiary/aromatic N) is 1. The van der Waals surface area contributed by atoms with Crippen LogP contribution in [0.3, 0.4) is 0 Å². The molecule has 3 rings (SSSR count). The smallest absolute Gasteiger partial charge is 0.0794 e. The second-order valence-electron chi connectivity index (χ2n) is 5.77. The van der Waals surface area contributed by atoms with Crippen LogP contribution in [0.15, 0.2) is 23.7 Å². The van der Waals surface area contributed by atoms with Crippen molar-refractivity contribution in [3.05, 3.63) is 29.3 Å². The summed E-state index contributed by atoms with van der Waals surface area (Å²) in [5.41, 5.74) is 2.75. The van der Waals surface area contributed by atoms with Crippen LogP contribution in [0.2, 0.25) is 0 Å². The van der Waals surface area contributed by atoms with Crippen LogP contribution in [0.4, 0.5) is 0 Å². The van der Waals surface area contributed by atoms with Gasteiger partial charge in [-0.1, -0.05) is 13.0 Å². The van der Waals surface area contributed by atoms with Crippen molar-refractivity contribution in [2.45, 2.75) is 26.3 Å². The lowest BCUT2D eigenvalue weighted by atomic mass is 9.82. The summed E-state index contributed by atoms with van der Waals surface area (Å²) in [6, 6.07) is 4.20. The molecule has 0 spiro atoms. The van der Waals surface area contributed by atoms with Crippen molar-refractivity contribution in [1.29, 1.82) is 0 Å². The normalized spacial score (nSPS) is 18.2. The number of hydrogen-bond donors (Lipinski definition) is 2. The van der Waals surface area contributed by atoms with Gasteiger partial charge in [0.25, 0.3) is 0 Å². The number of thiophene rings is 1. The minimum absolute atomic E-state index is 0.366. The molecule has 0 saturated carbocycles. The predicted molar refractivity (Wildman–Crippen MR) is 81.8 cm³/mol. The molecule has 1 aliphatic rings. The van der Waals surface area contributed by atoms with E-state index in [4.69, 9.17) is 4.74 Å². The molecule has 0 aliphatic carbocycles. The molecule has 2 N–H and O–H groups in total. The minimum atomic E-state index is 0.366. The van der Waals surface area contributed by atoms with E-state index < -0.39 is 0 Å². The number of ether oxygens (including phenoxy) is 1. The standard InChI is InChI=1S/C15H21N3OS/c1-15(4-6-19-7-5-15)11-16-9-12-10-17-18-14(12)13-3-2-8-20-13/h2-3,8,10,16H,4-7,9,11H2,1H3,(H,17,18). The van der Waals surface area contributed by atoms with Crippen molar-refractivity contribution >= 4 is 11.3 Å². The van der Waals surface area contributed by atoms with Gasteiger partial charge in [0.2, 0.25) is 0 Å². The zero-order chi connectivity index (χ0) is 13.8. The highest BCUT2D eigenvalue weighted by molar-refractivity contribution is 7.13. The molecule has 0 aromatic carbocycles. The third-order valence-electron chi connectivity index (χ3n) is 4.05. The number of H-pyrrole nitrogens is 1. The maximum atomic E-state index is 5.44. The zero-order valence-corrected chi connectivity index (χ0v) is 12.6. The minimum Gasteiger partial charge on any atom is -0.381 e. The van der Waals surface area contributed by atoms with E-state index in [1.165, 1.54) is 10.4 Å². The van der Waals surface area contributed by atoms with Crippen molar-refractivity contribution in [3.63, 3.8) is 0 Å². The molecular formula is C15H21N3OS. The number of aromatic amines is 1. The molecule has 2 aromatic rings. The first-order valence-corrected chi connectivity index (χ1v) is 7.99. The molecule has 0 atom stereocenters. The molecule has 0 unspecified atom stereocenters. The zero-order valence-electron chi connectivity index (χ0n) is 11.8. The van der Waals surface area contributed by atoms with Crippen molar-refractivity contribution in [2.75, 3.05) is 19.8 Å². The molecule has 1 fully saturated rings. The number of rotatable bonds is 5. The summed E-state index contributed by atoms with van der Waals surface area (Å²) in [5, 5.41) is 13.0. The van der Waals surface area contributed by atoms with Gasteiger partial charge in [-0.2, -0.15) is 5.10 Å². The van der Waals surface area contributed by atoms with Gasteiger partial charge in [-0.15, -0.1) is 11.3 Å². The predicted octanol–water partition coefficient (Wildman–Crippen LogP) is 3.04. The fourth-order valence-corrected chi connectivity index (χ4v) is 3.37. The van der Waals surface area contributed by atoms with E-state index in [0.717, 1.165) is 44.8 Å². The summed E-state index contributed by atoms with van der Waals surface area (Å²) in [6.07, 6.45) is 4.21. The van der Waals surface area contributed by atoms with E-state index in [1.807, 2.05) is 6.20 Å². The maximum absolute atomic E-state index is 5.44. The quantitative estimate of drug-likeness (QED) is 0.890. The summed E-state index contributed by atoms with van der Waals surface area (Å²) >= 11 is 1.74. The molecule has 0 bridgehead atoms. The van der Waals surface area contributed by atoms with E-state index in [0.29, 0.717) is 5.41 Å². The van der Waals surface area contributed by atoms with Crippen molar-refractivity contribution in [2.24, 2.45) is 5.41 Å². The lowest BCUT2D eigenvalue weighted by Crippen LogP contribution is -2.36. The number of hydrogen-bond acceptors (Lipinski definition) is 4. The van der Waals surface area contributed by atoms with Gasteiger partial charge >= 0.3 is 0 Å². The molecule has 20 heavy (non-hydrogen) atoms. The van der Waals surface area contributed by atoms with Crippen molar-refractivity contribution in [3.8, 4) is 10.6 Å². The molecule has 108 valence electrons. The van der Waals surface area contributed by atoms with Gasteiger partial charge in [-0.05, 0) is 29.7 Å². The van der Waals surface area contributed by atoms with Crippen molar-refractivity contribution in [1.82, 2.24) is 15.5 Å². The van der Waals surface area contributed by atoms with Crippen LogP contribution >= 0.6 is 11.3 Å². The summed E-state index contributed by atoms with van der Waals surface area (Å²) in [6.45, 7) is 6.03. The Morgan fingerprint density at radius 1 is 1.45 bits per heavy atom. The largest absolute Gasteiger partial charge is 0.381 e. The summed E-state index contributed by atoms with van der Waals surface area (Å²) < 4.78 is 5.44. The van der Waals surface area contributed by atoms with Crippen LogP contribution in [0.5, 0.6) is 0 Å². The van der Waals surface area contributed by atoms with E-state index >= 15 is 0 Å². The second-order valence-corrected chi connectivity index (χ2v) is 6.72. The fourth-order valence-electron chi connectivity index (χ4n) is 2.62. The molecule has 1 saturated heterocycles. The number of nitrogens with one attached hydrogen (secondary N) is 2. The maximum Gasteiger partial charge on any atom is 0.0794 e. The van der Waals surface area contributed by atoms with Gasteiger partial charge in [0.1, 0.15) is 0 Å². The summed E-state index contributed by atoms with van der Waals surface area (Å²) in [5.74, 6) is 0. The van der Waals surface area contributed by atoms with Gasteiger partial charge in [-0.25, -0.2) is 0 Å². The SMILES string of the molecule is CC1(CNCc2cn[nH]c2-c2cccs2)CCOCC1. The van der Waals surface area contributed by atoms with Gasteiger partial charge in [0.15, 0.2) is 0 Å². The van der Waals surface area contributed by atoms with Crippen LogP contribution in [-0.2, 0) is 11.3 Å². The fraction of sp³-hybridized carbons (Fsp3) is 0.533. The highest BCUT2D eigenvalue weighted by Gasteiger charge is 2.26. The van der Waals surface area contributed by atoms with Crippen molar-refractivity contribution < 1.29 is 4.74 Å². The highest BCUT2D eigenvalue weighted by Crippen LogP contribution is 2.29. The van der Waals surface area contributed by atoms with Gasteiger partial charge in [0.05, 0.1) is 16.8 Å². The summed E-state index contributed by atoms with van der Waals surface area (Å²) in [7, 11) is 0. The van der Waals surface area contributed by atoms with Crippen LogP contribution in [0.25, 0.3) is 10.6 Å². The topological polar surface area (TPSA) is 49.9 Å². The highest BCUT2D eigenvalue weighted by atomic mass is 32.1. The molecule has 0 radical (unpaired) electrons. The molecule has 2 aromatic heterocycles. The lowest BCUT2D eigenvalue weighted by Gasteiger charge is -2.33. The second kappa shape index (κ2) is 6.08. The average Bonchev–Trinajstić information content (AvgIpc) is 3.09. The summed E-state index contributed by atoms with van der Waals surface area (Å²) in [4.78, 5) is 1.25. The van der Waals surface area contributed by atoms with E-state index in [9.17, 15) is 0 Å². The van der Waals surface area contributed by atoms with Gasteiger partial charge in [0, 0.05) is 31.9 Å². The van der Waals surface area contributed by atoms with E-state index in [2.05, 4.69) is 40.0 Å². The van der Waals surface area contributed by atoms with E-state index in [1.54, 1.807) is 11.3 Å². The van der Waals surface area contributed by atoms with Crippen LogP contribution in [0, 0.1) is 5.41 Å². The Balaban J connectivity index is 1.58. The van der Waals surface area contributed by atoms with Crippen LogP contribution in [0.1, 0.15) is 25.3 Å². The first kappa shape index (κ1) is 13.8. The molecular weight excluding hydrogens is 270 g/mol. The third-order valence-corrected chi connectivity index (χ3v) is 4.94. The van der Waals surface area contributed by atoms with Gasteiger partial charge in [-0.3, -0.25) is 5.10 Å². The Labute approximate surface area is 123 Å². The molecule has 4 nitrogen and oxygen atoms in total. The van der Waals surface area contributed by atoms with Gasteiger partial charge < -0.3 is 10.1 Å². The third kappa shape index (κ3) is 3.11. The molecule has 3 heterocycles. The molecule has 0 amide bonds. The molecule has 5 heteroatoms. The lowest BCUT2D eigenvalue weighted by molar-refractivity contribution is 0.0240. The van der Waals surface area contributed by atoms with E-state index in [-0.39, 0.29) is 0 Å². The Hall–Kier alpha value is -1.17. The Morgan fingerprint density at radius 2 is 2.30 bits per heavy atom. The van der Waals surface area contributed by atoms with Crippen LogP contribution in [-0.4, -0.2) is 30.0 Å². The molecule has 1 aliphatic heterocycles. The average molecular weight is 291 g/mol. The first-order chi connectivity index (χ1) is 9.77. The van der Waals surface area contributed by atoms with Crippen LogP contribution < -0.4 is 5.32 Å². The first-order valence-electron chi connectivity index (χ1n) is 7.11. The Kier molecular flexibility index (Phi) is 4.19. The Bertz CT molecular complexity index is 529. The number of aromatic nitrogens is 2. The monoisotopic (exact) mass is 291 g/mol. The Morgan fingerprint density at radius 3 is 3.05 bits per heavy atom.